The lowest BCUT2D eigenvalue weighted by atomic mass is 10.2. The molecule has 15 heavy (non-hydrogen) atoms. The van der Waals surface area contributed by atoms with Crippen molar-refractivity contribution in [3.8, 4) is 0 Å². The van der Waals surface area contributed by atoms with Gasteiger partial charge in [-0.15, -0.1) is 0 Å². The Hall–Kier alpha value is -0.650. The van der Waals surface area contributed by atoms with Gasteiger partial charge in [0.15, 0.2) is 0 Å². The number of carbonyl (C=O) groups is 1. The van der Waals surface area contributed by atoms with Crippen LogP contribution in [-0.4, -0.2) is 32.3 Å². The highest BCUT2D eigenvalue weighted by molar-refractivity contribution is 5.74. The Kier molecular flexibility index (Phi) is 10.9. The number of amides is 1. The van der Waals surface area contributed by atoms with Crippen LogP contribution in [0.2, 0.25) is 0 Å². The molecular weight excluding hydrogens is 196 g/mol. The molecule has 0 fully saturated rings. The second-order valence-corrected chi connectivity index (χ2v) is 3.19. The quantitative estimate of drug-likeness (QED) is 0.243. The van der Waals surface area contributed by atoms with E-state index in [1.807, 2.05) is 6.92 Å². The molecule has 0 saturated heterocycles. The van der Waals surface area contributed by atoms with Crippen molar-refractivity contribution in [2.75, 3.05) is 26.4 Å². The van der Waals surface area contributed by atoms with E-state index >= 15 is 0 Å². The van der Waals surface area contributed by atoms with E-state index in [-0.39, 0.29) is 5.91 Å². The van der Waals surface area contributed by atoms with Crippen molar-refractivity contribution >= 4 is 5.91 Å². The summed E-state index contributed by atoms with van der Waals surface area (Å²) < 4.78 is 10.4. The Morgan fingerprint density at radius 3 is 2.53 bits per heavy atom. The molecule has 0 bridgehead atoms. The number of hydrazine groups is 1. The van der Waals surface area contributed by atoms with Crippen LogP contribution in [0.1, 0.15) is 32.6 Å². The van der Waals surface area contributed by atoms with Gasteiger partial charge in [-0.05, 0) is 19.8 Å². The molecular formula is C10H22N2O3. The Morgan fingerprint density at radius 1 is 1.13 bits per heavy atom. The van der Waals surface area contributed by atoms with E-state index in [4.69, 9.17) is 15.3 Å². The highest BCUT2D eigenvalue weighted by Gasteiger charge is 1.97. The van der Waals surface area contributed by atoms with Gasteiger partial charge in [-0.25, -0.2) is 5.84 Å². The summed E-state index contributed by atoms with van der Waals surface area (Å²) in [7, 11) is 0. The number of hydrogen-bond acceptors (Lipinski definition) is 4. The summed E-state index contributed by atoms with van der Waals surface area (Å²) in [6.45, 7) is 4.74. The highest BCUT2D eigenvalue weighted by atomic mass is 16.5. The number of nitrogens with two attached hydrogens (primary N) is 1. The smallest absolute Gasteiger partial charge is 0.233 e. The first-order valence-electron chi connectivity index (χ1n) is 5.46. The number of unbranched alkanes of at least 4 members (excludes halogenated alkanes) is 2. The molecule has 5 nitrogen and oxygen atoms in total. The summed E-state index contributed by atoms with van der Waals surface area (Å²) in [5, 5.41) is 0. The molecule has 90 valence electrons. The van der Waals surface area contributed by atoms with E-state index in [0.717, 1.165) is 32.5 Å². The molecule has 0 saturated carbocycles. The van der Waals surface area contributed by atoms with E-state index in [0.29, 0.717) is 19.6 Å². The molecule has 5 heteroatoms. The van der Waals surface area contributed by atoms with E-state index in [2.05, 4.69) is 5.43 Å². The molecule has 0 aromatic carbocycles. The van der Waals surface area contributed by atoms with Crippen molar-refractivity contribution in [1.82, 2.24) is 5.43 Å². The molecule has 0 radical (unpaired) electrons. The van der Waals surface area contributed by atoms with Gasteiger partial charge in [0.2, 0.25) is 5.91 Å². The van der Waals surface area contributed by atoms with Gasteiger partial charge in [0.05, 0.1) is 13.2 Å². The van der Waals surface area contributed by atoms with Crippen LogP contribution in [0.5, 0.6) is 0 Å². The summed E-state index contributed by atoms with van der Waals surface area (Å²) in [5.74, 6) is 4.84. The maximum atomic E-state index is 10.7. The Bertz CT molecular complexity index is 154. The van der Waals surface area contributed by atoms with Crippen LogP contribution in [0, 0.1) is 0 Å². The average Bonchev–Trinajstić information content (AvgIpc) is 2.26. The van der Waals surface area contributed by atoms with Crippen LogP contribution >= 0.6 is 0 Å². The lowest BCUT2D eigenvalue weighted by molar-refractivity contribution is -0.121. The maximum absolute atomic E-state index is 10.7. The minimum atomic E-state index is -0.104. The van der Waals surface area contributed by atoms with Crippen molar-refractivity contribution in [2.45, 2.75) is 32.6 Å². The second-order valence-electron chi connectivity index (χ2n) is 3.19. The van der Waals surface area contributed by atoms with Crippen molar-refractivity contribution in [3.63, 3.8) is 0 Å². The zero-order valence-electron chi connectivity index (χ0n) is 9.46. The average molecular weight is 218 g/mol. The fraction of sp³-hybridized carbons (Fsp3) is 0.900. The van der Waals surface area contributed by atoms with E-state index in [9.17, 15) is 4.79 Å². The first kappa shape index (κ1) is 14.3. The topological polar surface area (TPSA) is 73.6 Å². The van der Waals surface area contributed by atoms with Gasteiger partial charge in [-0.1, -0.05) is 6.42 Å². The zero-order chi connectivity index (χ0) is 11.4. The van der Waals surface area contributed by atoms with Gasteiger partial charge < -0.3 is 9.47 Å². The Balaban J connectivity index is 2.95. The van der Waals surface area contributed by atoms with E-state index < -0.39 is 0 Å². The third kappa shape index (κ3) is 11.3. The van der Waals surface area contributed by atoms with Crippen molar-refractivity contribution in [3.05, 3.63) is 0 Å². The number of carbonyl (C=O) groups excluding carboxylic acids is 1. The van der Waals surface area contributed by atoms with Crippen LogP contribution in [0.25, 0.3) is 0 Å². The summed E-state index contributed by atoms with van der Waals surface area (Å²) in [4.78, 5) is 10.7. The largest absolute Gasteiger partial charge is 0.379 e. The molecule has 0 heterocycles. The second kappa shape index (κ2) is 11.4. The number of ether oxygens (including phenoxy) is 2. The fourth-order valence-corrected chi connectivity index (χ4v) is 1.10. The summed E-state index contributed by atoms with van der Waals surface area (Å²) >= 11 is 0. The summed E-state index contributed by atoms with van der Waals surface area (Å²) in [5.41, 5.74) is 2.10. The molecule has 0 aliphatic heterocycles. The molecule has 0 atom stereocenters. The third-order valence-corrected chi connectivity index (χ3v) is 1.93. The lowest BCUT2D eigenvalue weighted by Crippen LogP contribution is -2.29. The van der Waals surface area contributed by atoms with Gasteiger partial charge in [-0.3, -0.25) is 10.2 Å². The van der Waals surface area contributed by atoms with Crippen LogP contribution in [0.4, 0.5) is 0 Å². The van der Waals surface area contributed by atoms with Crippen molar-refractivity contribution in [2.24, 2.45) is 5.84 Å². The molecule has 0 aromatic heterocycles. The van der Waals surface area contributed by atoms with Crippen LogP contribution in [0.15, 0.2) is 0 Å². The minimum absolute atomic E-state index is 0.104. The van der Waals surface area contributed by atoms with Crippen molar-refractivity contribution in [1.29, 1.82) is 0 Å². The first-order chi connectivity index (χ1) is 7.31. The monoisotopic (exact) mass is 218 g/mol. The minimum Gasteiger partial charge on any atom is -0.379 e. The molecule has 0 rings (SSSR count). The fourth-order valence-electron chi connectivity index (χ4n) is 1.10. The lowest BCUT2D eigenvalue weighted by Gasteiger charge is -2.04. The van der Waals surface area contributed by atoms with Gasteiger partial charge in [0, 0.05) is 19.6 Å². The molecule has 0 aliphatic rings. The molecule has 1 amide bonds. The predicted octanol–water partition coefficient (Wildman–Crippen LogP) is 0.590. The molecule has 0 spiro atoms. The standard InChI is InChI=1S/C10H22N2O3/c1-2-14-8-9-15-7-5-3-4-6-10(13)12-11/h2-9,11H2,1H3,(H,12,13). The first-order valence-corrected chi connectivity index (χ1v) is 5.46. The third-order valence-electron chi connectivity index (χ3n) is 1.93. The predicted molar refractivity (Wildman–Crippen MR) is 58.1 cm³/mol. The Morgan fingerprint density at radius 2 is 1.87 bits per heavy atom. The van der Waals surface area contributed by atoms with Gasteiger partial charge >= 0.3 is 0 Å². The zero-order valence-corrected chi connectivity index (χ0v) is 9.46. The van der Waals surface area contributed by atoms with Crippen LogP contribution in [0.3, 0.4) is 0 Å². The van der Waals surface area contributed by atoms with Gasteiger partial charge in [-0.2, -0.15) is 0 Å². The summed E-state index contributed by atoms with van der Waals surface area (Å²) in [6, 6.07) is 0. The van der Waals surface area contributed by atoms with E-state index in [1.54, 1.807) is 0 Å². The van der Waals surface area contributed by atoms with Crippen molar-refractivity contribution < 1.29 is 14.3 Å². The van der Waals surface area contributed by atoms with E-state index in [1.165, 1.54) is 0 Å². The Labute approximate surface area is 91.3 Å². The molecule has 0 aromatic rings. The number of hydrogen-bond donors (Lipinski definition) is 2. The highest BCUT2D eigenvalue weighted by Crippen LogP contribution is 1.99. The molecule has 0 unspecified atom stereocenters. The SMILES string of the molecule is CCOCCOCCCCCC(=O)NN. The van der Waals surface area contributed by atoms with Gasteiger partial charge in [0.1, 0.15) is 0 Å². The maximum Gasteiger partial charge on any atom is 0.233 e. The summed E-state index contributed by atoms with van der Waals surface area (Å²) in [6.07, 6.45) is 3.32. The molecule has 0 aliphatic carbocycles. The van der Waals surface area contributed by atoms with Crippen LogP contribution in [-0.2, 0) is 14.3 Å². The number of rotatable bonds is 10. The van der Waals surface area contributed by atoms with Crippen LogP contribution < -0.4 is 11.3 Å². The normalized spacial score (nSPS) is 10.3. The number of nitrogens with one attached hydrogen (secondary N) is 1. The molecule has 3 N–H and O–H groups in total. The van der Waals surface area contributed by atoms with Gasteiger partial charge in [0.25, 0.3) is 0 Å².